The first kappa shape index (κ1) is 19.5. The Balaban J connectivity index is 1.70. The van der Waals surface area contributed by atoms with E-state index < -0.39 is 0 Å². The van der Waals surface area contributed by atoms with Gasteiger partial charge in [-0.15, -0.1) is 0 Å². The van der Waals surface area contributed by atoms with Crippen molar-refractivity contribution in [1.29, 1.82) is 0 Å². The van der Waals surface area contributed by atoms with Crippen LogP contribution in [0.4, 0.5) is 0 Å². The molecule has 0 atom stereocenters. The van der Waals surface area contributed by atoms with E-state index in [-0.39, 0.29) is 11.6 Å². The molecule has 2 aromatic rings. The Morgan fingerprint density at radius 3 is 1.36 bits per heavy atom. The van der Waals surface area contributed by atoms with Crippen LogP contribution in [0.1, 0.15) is 40.0 Å². The highest BCUT2D eigenvalue weighted by Crippen LogP contribution is 2.13. The molecule has 0 saturated carbocycles. The zero-order chi connectivity index (χ0) is 18.1. The van der Waals surface area contributed by atoms with E-state index in [2.05, 4.69) is 31.9 Å². The maximum absolute atomic E-state index is 12.0. The van der Waals surface area contributed by atoms with Crippen LogP contribution in [0.2, 0.25) is 0 Å². The number of hydrogen-bond acceptors (Lipinski definition) is 2. The lowest BCUT2D eigenvalue weighted by Crippen LogP contribution is -1.96. The summed E-state index contributed by atoms with van der Waals surface area (Å²) in [5.41, 5.74) is 1.42. The van der Waals surface area contributed by atoms with Gasteiger partial charge in [-0.2, -0.15) is 0 Å². The minimum atomic E-state index is 0.0955. The molecule has 0 bridgehead atoms. The molecule has 0 unspecified atom stereocenters. The quantitative estimate of drug-likeness (QED) is 0.329. The largest absolute Gasteiger partial charge is 0.294 e. The zero-order valence-corrected chi connectivity index (χ0v) is 16.8. The molecular formula is C21H18Br2O2. The number of benzene rings is 2. The number of carbonyl (C=O) groups excluding carboxylic acids is 2. The average molecular weight is 462 g/mol. The number of halogens is 2. The fourth-order valence-corrected chi connectivity index (χ4v) is 2.69. The molecule has 2 nitrogen and oxygen atoms in total. The zero-order valence-electron chi connectivity index (χ0n) is 13.6. The monoisotopic (exact) mass is 460 g/mol. The molecule has 0 N–H and O–H groups in total. The second kappa shape index (κ2) is 10.3. The molecule has 0 aliphatic carbocycles. The van der Waals surface area contributed by atoms with E-state index in [9.17, 15) is 9.59 Å². The van der Waals surface area contributed by atoms with Gasteiger partial charge in [-0.05, 0) is 30.7 Å². The highest BCUT2D eigenvalue weighted by molar-refractivity contribution is 9.10. The maximum Gasteiger partial charge on any atom is 0.166 e. The van der Waals surface area contributed by atoms with Crippen LogP contribution < -0.4 is 0 Å². The van der Waals surface area contributed by atoms with E-state index in [4.69, 9.17) is 0 Å². The molecule has 0 radical (unpaired) electrons. The van der Waals surface area contributed by atoms with Crippen LogP contribution in [0.15, 0.2) is 81.8 Å². The standard InChI is InChI=1S/C21H18Br2O2/c22-18-12-8-16(9-13-18)20(24)6-4-2-1-3-5-7-21(25)17-10-14-19(23)15-11-17/h2-5,8-15H,1,6-7H2. The second-order valence-electron chi connectivity index (χ2n) is 5.45. The number of allylic oxidation sites excluding steroid dienone is 4. The van der Waals surface area contributed by atoms with E-state index in [0.29, 0.717) is 30.4 Å². The van der Waals surface area contributed by atoms with Gasteiger partial charge in [0.2, 0.25) is 0 Å². The number of ketones is 2. The first-order valence-corrected chi connectivity index (χ1v) is 9.52. The van der Waals surface area contributed by atoms with Gasteiger partial charge in [-0.25, -0.2) is 0 Å². The minimum absolute atomic E-state index is 0.0955. The van der Waals surface area contributed by atoms with Crippen molar-refractivity contribution < 1.29 is 9.59 Å². The van der Waals surface area contributed by atoms with Gasteiger partial charge in [0.25, 0.3) is 0 Å². The topological polar surface area (TPSA) is 34.1 Å². The van der Waals surface area contributed by atoms with Gasteiger partial charge in [0.05, 0.1) is 0 Å². The molecule has 2 aromatic carbocycles. The lowest BCUT2D eigenvalue weighted by Gasteiger charge is -1.98. The van der Waals surface area contributed by atoms with Crippen molar-refractivity contribution in [2.75, 3.05) is 0 Å². The van der Waals surface area contributed by atoms with Gasteiger partial charge in [-0.1, -0.05) is 80.4 Å². The van der Waals surface area contributed by atoms with Crippen LogP contribution in [-0.2, 0) is 0 Å². The highest BCUT2D eigenvalue weighted by Gasteiger charge is 2.03. The summed E-state index contributed by atoms with van der Waals surface area (Å²) in [7, 11) is 0. The summed E-state index contributed by atoms with van der Waals surface area (Å²) in [5, 5.41) is 0. The third-order valence-electron chi connectivity index (χ3n) is 3.54. The average Bonchev–Trinajstić information content (AvgIpc) is 2.61. The van der Waals surface area contributed by atoms with E-state index in [1.54, 1.807) is 0 Å². The van der Waals surface area contributed by atoms with Crippen molar-refractivity contribution in [3.05, 3.63) is 92.9 Å². The first-order chi connectivity index (χ1) is 12.1. The van der Waals surface area contributed by atoms with Gasteiger partial charge in [0.1, 0.15) is 0 Å². The summed E-state index contributed by atoms with van der Waals surface area (Å²) in [6.45, 7) is 0. The SMILES string of the molecule is O=C(CC=CCC=CCC(=O)c1ccc(Br)cc1)c1ccc(Br)cc1. The maximum atomic E-state index is 12.0. The summed E-state index contributed by atoms with van der Waals surface area (Å²) >= 11 is 6.70. The molecule has 0 spiro atoms. The Bertz CT molecular complexity index is 705. The van der Waals surface area contributed by atoms with Gasteiger partial charge >= 0.3 is 0 Å². The second-order valence-corrected chi connectivity index (χ2v) is 7.28. The van der Waals surface area contributed by atoms with E-state index in [1.807, 2.05) is 72.8 Å². The summed E-state index contributed by atoms with van der Waals surface area (Å²) < 4.78 is 1.92. The Hall–Kier alpha value is -1.78. The predicted molar refractivity (Wildman–Crippen MR) is 109 cm³/mol. The van der Waals surface area contributed by atoms with E-state index in [1.165, 1.54) is 0 Å². The van der Waals surface area contributed by atoms with E-state index >= 15 is 0 Å². The number of Topliss-reactive ketones (excluding diaryl/α,β-unsaturated/α-hetero) is 2. The minimum Gasteiger partial charge on any atom is -0.294 e. The fraction of sp³-hybridized carbons (Fsp3) is 0.143. The Kier molecular flexibility index (Phi) is 8.02. The third-order valence-corrected chi connectivity index (χ3v) is 4.60. The number of hydrogen-bond donors (Lipinski definition) is 0. The molecule has 0 aliphatic rings. The fourth-order valence-electron chi connectivity index (χ4n) is 2.16. The lowest BCUT2D eigenvalue weighted by atomic mass is 10.1. The molecule has 25 heavy (non-hydrogen) atoms. The molecule has 4 heteroatoms. The van der Waals surface area contributed by atoms with Crippen molar-refractivity contribution in [2.24, 2.45) is 0 Å². The number of carbonyl (C=O) groups is 2. The first-order valence-electron chi connectivity index (χ1n) is 7.94. The van der Waals surface area contributed by atoms with Crippen LogP contribution in [0, 0.1) is 0 Å². The summed E-state index contributed by atoms with van der Waals surface area (Å²) in [6, 6.07) is 14.7. The van der Waals surface area contributed by atoms with Gasteiger partial charge in [-0.3, -0.25) is 9.59 Å². The van der Waals surface area contributed by atoms with Crippen molar-refractivity contribution in [1.82, 2.24) is 0 Å². The summed E-state index contributed by atoms with van der Waals surface area (Å²) in [4.78, 5) is 24.0. The molecule has 0 fully saturated rings. The van der Waals surface area contributed by atoms with Crippen LogP contribution in [0.3, 0.4) is 0 Å². The van der Waals surface area contributed by atoms with Crippen LogP contribution in [-0.4, -0.2) is 11.6 Å². The Morgan fingerprint density at radius 2 is 1.00 bits per heavy atom. The van der Waals surface area contributed by atoms with Gasteiger partial charge in [0, 0.05) is 32.9 Å². The van der Waals surface area contributed by atoms with Crippen molar-refractivity contribution >= 4 is 43.4 Å². The third kappa shape index (κ3) is 6.92. The number of rotatable bonds is 8. The van der Waals surface area contributed by atoms with Gasteiger partial charge in [0.15, 0.2) is 11.6 Å². The Morgan fingerprint density at radius 1 is 0.640 bits per heavy atom. The molecule has 2 rings (SSSR count). The van der Waals surface area contributed by atoms with Crippen LogP contribution in [0.5, 0.6) is 0 Å². The molecule has 128 valence electrons. The molecule has 0 aliphatic heterocycles. The van der Waals surface area contributed by atoms with Crippen LogP contribution >= 0.6 is 31.9 Å². The molecule has 0 amide bonds. The Labute approximate surface area is 164 Å². The van der Waals surface area contributed by atoms with Crippen LogP contribution in [0.25, 0.3) is 0 Å². The normalized spacial score (nSPS) is 11.3. The summed E-state index contributed by atoms with van der Waals surface area (Å²) in [5.74, 6) is 0.191. The van der Waals surface area contributed by atoms with Gasteiger partial charge < -0.3 is 0 Å². The molecule has 0 heterocycles. The molecular weight excluding hydrogens is 444 g/mol. The smallest absolute Gasteiger partial charge is 0.166 e. The summed E-state index contributed by atoms with van der Waals surface area (Å²) in [6.07, 6.45) is 9.09. The lowest BCUT2D eigenvalue weighted by molar-refractivity contribution is 0.0988. The van der Waals surface area contributed by atoms with Crippen molar-refractivity contribution in [3.63, 3.8) is 0 Å². The van der Waals surface area contributed by atoms with Crippen molar-refractivity contribution in [3.8, 4) is 0 Å². The highest BCUT2D eigenvalue weighted by atomic mass is 79.9. The molecule has 0 aromatic heterocycles. The predicted octanol–water partition coefficient (Wildman–Crippen LogP) is 6.56. The van der Waals surface area contributed by atoms with Crippen molar-refractivity contribution in [2.45, 2.75) is 19.3 Å². The molecule has 0 saturated heterocycles. The van der Waals surface area contributed by atoms with E-state index in [0.717, 1.165) is 8.95 Å².